The van der Waals surface area contributed by atoms with Crippen LogP contribution in [0, 0.1) is 0 Å². The van der Waals surface area contributed by atoms with Crippen molar-refractivity contribution in [1.29, 1.82) is 0 Å². The Labute approximate surface area is 152 Å². The predicted molar refractivity (Wildman–Crippen MR) is 92.6 cm³/mol. The first-order valence-electron chi connectivity index (χ1n) is 8.54. The third kappa shape index (κ3) is 3.65. The minimum atomic E-state index is -0.635. The van der Waals surface area contributed by atoms with Gasteiger partial charge >= 0.3 is 0 Å². The van der Waals surface area contributed by atoms with Gasteiger partial charge < -0.3 is 24.6 Å². The van der Waals surface area contributed by atoms with Gasteiger partial charge in [0.2, 0.25) is 17.7 Å². The summed E-state index contributed by atoms with van der Waals surface area (Å²) in [7, 11) is 3.05. The van der Waals surface area contributed by atoms with Gasteiger partial charge in [0, 0.05) is 26.6 Å². The van der Waals surface area contributed by atoms with Gasteiger partial charge in [0.15, 0.2) is 0 Å². The smallest absolute Gasteiger partial charge is 0.248 e. The van der Waals surface area contributed by atoms with Crippen LogP contribution in [-0.2, 0) is 25.5 Å². The molecule has 2 heterocycles. The molecule has 1 N–H and O–H groups in total. The molecule has 2 atom stereocenters. The summed E-state index contributed by atoms with van der Waals surface area (Å²) >= 11 is 0. The van der Waals surface area contributed by atoms with Crippen LogP contribution in [0.5, 0.6) is 5.75 Å². The molecule has 140 valence electrons. The molecule has 26 heavy (non-hydrogen) atoms. The molecule has 2 aliphatic heterocycles. The quantitative estimate of drug-likeness (QED) is 0.758. The molecule has 2 unspecified atom stereocenters. The highest BCUT2D eigenvalue weighted by Crippen LogP contribution is 2.19. The monoisotopic (exact) mass is 361 g/mol. The Morgan fingerprint density at radius 1 is 1.19 bits per heavy atom. The lowest BCUT2D eigenvalue weighted by molar-refractivity contribution is -0.156. The molecule has 3 amide bonds. The zero-order chi connectivity index (χ0) is 18.7. The average molecular weight is 361 g/mol. The number of methoxy groups -OCH3 is 2. The molecule has 0 aromatic heterocycles. The van der Waals surface area contributed by atoms with Gasteiger partial charge in [0.1, 0.15) is 24.4 Å². The molecule has 2 saturated heterocycles. The van der Waals surface area contributed by atoms with Crippen molar-refractivity contribution in [2.75, 3.05) is 40.5 Å². The number of piperazine rings is 2. The van der Waals surface area contributed by atoms with Crippen LogP contribution in [0.25, 0.3) is 0 Å². The molecule has 0 spiro atoms. The van der Waals surface area contributed by atoms with Crippen molar-refractivity contribution < 1.29 is 23.9 Å². The number of fused-ring (bicyclic) bond motifs is 1. The third-order valence-electron chi connectivity index (χ3n) is 4.80. The van der Waals surface area contributed by atoms with Crippen LogP contribution >= 0.6 is 0 Å². The Hall–Kier alpha value is -2.61. The van der Waals surface area contributed by atoms with Gasteiger partial charge in [-0.1, -0.05) is 12.1 Å². The van der Waals surface area contributed by atoms with Crippen LogP contribution in [-0.4, -0.2) is 80.1 Å². The van der Waals surface area contributed by atoms with E-state index < -0.39 is 12.1 Å². The number of hydrogen-bond acceptors (Lipinski definition) is 5. The fourth-order valence-corrected chi connectivity index (χ4v) is 3.38. The zero-order valence-corrected chi connectivity index (χ0v) is 14.9. The molecule has 3 rings (SSSR count). The lowest BCUT2D eigenvalue weighted by atomic mass is 9.98. The second-order valence-corrected chi connectivity index (χ2v) is 6.43. The SMILES string of the molecule is COCC(=O)N1CCN2C(=O)C(Cc3ccc(OC)cc3)NC(=O)C2C1. The van der Waals surface area contributed by atoms with Crippen molar-refractivity contribution in [2.45, 2.75) is 18.5 Å². The van der Waals surface area contributed by atoms with Crippen molar-refractivity contribution in [3.8, 4) is 5.75 Å². The van der Waals surface area contributed by atoms with Gasteiger partial charge in [0.25, 0.3) is 0 Å². The number of carbonyl (C=O) groups excluding carboxylic acids is 3. The Morgan fingerprint density at radius 3 is 2.58 bits per heavy atom. The van der Waals surface area contributed by atoms with Crippen molar-refractivity contribution in [1.82, 2.24) is 15.1 Å². The number of nitrogens with one attached hydrogen (secondary N) is 1. The summed E-state index contributed by atoms with van der Waals surface area (Å²) in [6.45, 7) is 0.940. The molecule has 1 aromatic rings. The second kappa shape index (κ2) is 7.74. The third-order valence-corrected chi connectivity index (χ3v) is 4.80. The van der Waals surface area contributed by atoms with Crippen LogP contribution < -0.4 is 10.1 Å². The van der Waals surface area contributed by atoms with Crippen LogP contribution in [0.3, 0.4) is 0 Å². The number of hydrogen-bond donors (Lipinski definition) is 1. The van der Waals surface area contributed by atoms with E-state index in [4.69, 9.17) is 9.47 Å². The summed E-state index contributed by atoms with van der Waals surface area (Å²) in [5.74, 6) is 0.236. The zero-order valence-electron chi connectivity index (χ0n) is 14.9. The van der Waals surface area contributed by atoms with E-state index >= 15 is 0 Å². The normalized spacial score (nSPS) is 22.7. The van der Waals surface area contributed by atoms with Crippen LogP contribution in [0.4, 0.5) is 0 Å². The van der Waals surface area contributed by atoms with Gasteiger partial charge in [-0.3, -0.25) is 14.4 Å². The topological polar surface area (TPSA) is 88.2 Å². The number of benzene rings is 1. The van der Waals surface area contributed by atoms with E-state index in [9.17, 15) is 14.4 Å². The van der Waals surface area contributed by atoms with Crippen molar-refractivity contribution in [2.24, 2.45) is 0 Å². The minimum absolute atomic E-state index is 0.0254. The van der Waals surface area contributed by atoms with E-state index in [1.54, 1.807) is 16.9 Å². The number of carbonyl (C=O) groups is 3. The molecule has 0 aliphatic carbocycles. The molecule has 8 heteroatoms. The maximum absolute atomic E-state index is 12.8. The van der Waals surface area contributed by atoms with Gasteiger partial charge in [-0.15, -0.1) is 0 Å². The first-order chi connectivity index (χ1) is 12.5. The summed E-state index contributed by atoms with van der Waals surface area (Å²) in [5.41, 5.74) is 0.941. The Bertz CT molecular complexity index is 691. The van der Waals surface area contributed by atoms with E-state index in [0.29, 0.717) is 19.5 Å². The first kappa shape index (κ1) is 18.2. The maximum atomic E-state index is 12.8. The van der Waals surface area contributed by atoms with Crippen LogP contribution in [0.15, 0.2) is 24.3 Å². The van der Waals surface area contributed by atoms with Crippen molar-refractivity contribution >= 4 is 17.7 Å². The fraction of sp³-hybridized carbons (Fsp3) is 0.500. The standard InChI is InChI=1S/C18H23N3O5/c1-25-11-16(22)20-7-8-21-15(10-20)17(23)19-14(18(21)24)9-12-3-5-13(26-2)6-4-12/h3-6,14-15H,7-11H2,1-2H3,(H,19,23). The highest BCUT2D eigenvalue weighted by molar-refractivity contribution is 5.98. The summed E-state index contributed by atoms with van der Waals surface area (Å²) in [5, 5.41) is 2.80. The summed E-state index contributed by atoms with van der Waals surface area (Å²) in [4.78, 5) is 40.4. The molecule has 8 nitrogen and oxygen atoms in total. The van der Waals surface area contributed by atoms with Gasteiger partial charge in [-0.25, -0.2) is 0 Å². The molecule has 0 saturated carbocycles. The number of ether oxygens (including phenoxy) is 2. The van der Waals surface area contributed by atoms with Crippen molar-refractivity contribution in [3.05, 3.63) is 29.8 Å². The molecular weight excluding hydrogens is 338 g/mol. The van der Waals surface area contributed by atoms with E-state index in [1.165, 1.54) is 7.11 Å². The van der Waals surface area contributed by atoms with Crippen LogP contribution in [0.1, 0.15) is 5.56 Å². The van der Waals surface area contributed by atoms with Gasteiger partial charge in [0.05, 0.1) is 13.7 Å². The second-order valence-electron chi connectivity index (χ2n) is 6.43. The van der Waals surface area contributed by atoms with Crippen molar-refractivity contribution in [3.63, 3.8) is 0 Å². The predicted octanol–water partition coefficient (Wildman–Crippen LogP) is -0.578. The molecule has 1 aromatic carbocycles. The lowest BCUT2D eigenvalue weighted by Crippen LogP contribution is -2.70. The highest BCUT2D eigenvalue weighted by Gasteiger charge is 2.44. The fourth-order valence-electron chi connectivity index (χ4n) is 3.38. The van der Waals surface area contributed by atoms with Gasteiger partial charge in [-0.05, 0) is 17.7 Å². The largest absolute Gasteiger partial charge is 0.497 e. The van der Waals surface area contributed by atoms with E-state index in [2.05, 4.69) is 5.32 Å². The van der Waals surface area contributed by atoms with E-state index in [1.807, 2.05) is 24.3 Å². The number of nitrogens with zero attached hydrogens (tertiary/aromatic N) is 2. The molecule has 0 bridgehead atoms. The number of amides is 3. The van der Waals surface area contributed by atoms with Gasteiger partial charge in [-0.2, -0.15) is 0 Å². The number of rotatable bonds is 5. The Kier molecular flexibility index (Phi) is 5.41. The van der Waals surface area contributed by atoms with E-state index in [-0.39, 0.29) is 30.9 Å². The summed E-state index contributed by atoms with van der Waals surface area (Å²) in [6.07, 6.45) is 0.421. The maximum Gasteiger partial charge on any atom is 0.248 e. The molecule has 2 fully saturated rings. The Morgan fingerprint density at radius 2 is 1.92 bits per heavy atom. The highest BCUT2D eigenvalue weighted by atomic mass is 16.5. The molecule has 0 radical (unpaired) electrons. The average Bonchev–Trinajstić information content (AvgIpc) is 2.66. The Balaban J connectivity index is 1.66. The summed E-state index contributed by atoms with van der Waals surface area (Å²) < 4.78 is 9.99. The molecule has 2 aliphatic rings. The van der Waals surface area contributed by atoms with Crippen LogP contribution in [0.2, 0.25) is 0 Å². The minimum Gasteiger partial charge on any atom is -0.497 e. The lowest BCUT2D eigenvalue weighted by Gasteiger charge is -2.45. The first-order valence-corrected chi connectivity index (χ1v) is 8.54. The summed E-state index contributed by atoms with van der Waals surface area (Å²) in [6, 6.07) is 6.19. The van der Waals surface area contributed by atoms with E-state index in [0.717, 1.165) is 11.3 Å². The molecular formula is C18H23N3O5.